The minimum atomic E-state index is -0.757. The topological polar surface area (TPSA) is 90.0 Å². The van der Waals surface area contributed by atoms with E-state index in [2.05, 4.69) is 13.8 Å². The fourth-order valence-corrected chi connectivity index (χ4v) is 5.63. The number of rotatable bonds is 0. The van der Waals surface area contributed by atoms with Crippen LogP contribution < -0.4 is 0 Å². The predicted octanol–water partition coefficient (Wildman–Crippen LogP) is 4.81. The zero-order valence-electron chi connectivity index (χ0n) is 22.6. The number of nitrogens with zero attached hydrogens (tertiary/aromatic N) is 1. The zero-order chi connectivity index (χ0) is 26.2. The van der Waals surface area contributed by atoms with Crippen LogP contribution in [0.4, 0.5) is 0 Å². The van der Waals surface area contributed by atoms with Crippen molar-refractivity contribution in [2.24, 2.45) is 17.8 Å². The second-order valence-electron chi connectivity index (χ2n) is 11.6. The molecule has 2 saturated heterocycles. The third-order valence-electron chi connectivity index (χ3n) is 8.06. The van der Waals surface area contributed by atoms with E-state index in [0.29, 0.717) is 38.1 Å². The van der Waals surface area contributed by atoms with Crippen molar-refractivity contribution in [2.75, 3.05) is 13.2 Å². The lowest BCUT2D eigenvalue weighted by Gasteiger charge is -2.37. The van der Waals surface area contributed by atoms with E-state index in [4.69, 9.17) is 9.47 Å². The van der Waals surface area contributed by atoms with Crippen molar-refractivity contribution in [3.63, 3.8) is 0 Å². The van der Waals surface area contributed by atoms with Crippen LogP contribution >= 0.6 is 0 Å². The highest BCUT2D eigenvalue weighted by molar-refractivity contribution is 6.38. The lowest BCUT2D eigenvalue weighted by Crippen LogP contribution is -2.54. The highest BCUT2D eigenvalue weighted by Gasteiger charge is 2.42. The molecule has 7 heteroatoms. The Balaban J connectivity index is 1.77. The molecule has 0 saturated carbocycles. The molecule has 1 amide bonds. The number of hydrogen-bond donors (Lipinski definition) is 0. The largest absolute Gasteiger partial charge is 0.464 e. The number of carbonyl (C=O) groups excluding carboxylic acids is 4. The second kappa shape index (κ2) is 13.5. The van der Waals surface area contributed by atoms with Gasteiger partial charge in [0.25, 0.3) is 5.91 Å². The number of amides is 1. The SMILES string of the molecule is CC1=CCC(=O)CCC(C)COC(=O)C2CCCCN2C(=O)C(=O)C2OC(CCC(C)C1)CCC2C. The van der Waals surface area contributed by atoms with Crippen LogP contribution in [0.3, 0.4) is 0 Å². The van der Waals surface area contributed by atoms with Crippen molar-refractivity contribution >= 4 is 23.4 Å². The average Bonchev–Trinajstić information content (AvgIpc) is 2.87. The number of carbonyl (C=O) groups is 4. The zero-order valence-corrected chi connectivity index (χ0v) is 22.6. The maximum atomic E-state index is 13.3. The van der Waals surface area contributed by atoms with E-state index in [1.54, 1.807) is 0 Å². The Kier molecular flexibility index (Phi) is 10.7. The van der Waals surface area contributed by atoms with Gasteiger partial charge in [-0.15, -0.1) is 0 Å². The van der Waals surface area contributed by atoms with Gasteiger partial charge in [0.15, 0.2) is 0 Å². The number of cyclic esters (lactones) is 1. The number of allylic oxidation sites excluding steroid dienone is 2. The van der Waals surface area contributed by atoms with Crippen molar-refractivity contribution in [3.05, 3.63) is 11.6 Å². The molecule has 2 bridgehead atoms. The first-order valence-corrected chi connectivity index (χ1v) is 14.0. The third kappa shape index (κ3) is 7.99. The molecule has 0 spiro atoms. The molecule has 0 aromatic carbocycles. The van der Waals surface area contributed by atoms with Gasteiger partial charge in [0.05, 0.1) is 12.7 Å². The smallest absolute Gasteiger partial charge is 0.328 e. The van der Waals surface area contributed by atoms with Crippen molar-refractivity contribution < 1.29 is 28.7 Å². The molecule has 3 aliphatic rings. The molecule has 6 atom stereocenters. The fourth-order valence-electron chi connectivity index (χ4n) is 5.63. The molecule has 0 aromatic heterocycles. The van der Waals surface area contributed by atoms with Crippen LogP contribution in [0.5, 0.6) is 0 Å². The average molecular weight is 504 g/mol. The fraction of sp³-hybridized carbons (Fsp3) is 0.793. The summed E-state index contributed by atoms with van der Waals surface area (Å²) in [4.78, 5) is 53.4. The summed E-state index contributed by atoms with van der Waals surface area (Å²) < 4.78 is 11.8. The molecule has 0 N–H and O–H groups in total. The van der Waals surface area contributed by atoms with Crippen LogP contribution in [0.2, 0.25) is 0 Å². The van der Waals surface area contributed by atoms with Crippen molar-refractivity contribution in [3.8, 4) is 0 Å². The monoisotopic (exact) mass is 503 g/mol. The van der Waals surface area contributed by atoms with E-state index < -0.39 is 29.8 Å². The highest BCUT2D eigenvalue weighted by Crippen LogP contribution is 2.31. The molecular formula is C29H45NO6. The van der Waals surface area contributed by atoms with E-state index in [1.165, 1.54) is 10.5 Å². The number of esters is 1. The molecular weight excluding hydrogens is 458 g/mol. The molecule has 3 heterocycles. The van der Waals surface area contributed by atoms with Gasteiger partial charge in [-0.3, -0.25) is 14.4 Å². The molecule has 0 aromatic rings. The quantitative estimate of drug-likeness (QED) is 0.268. The molecule has 3 rings (SSSR count). The number of hydrogen-bond acceptors (Lipinski definition) is 6. The van der Waals surface area contributed by atoms with E-state index in [1.807, 2.05) is 19.9 Å². The maximum Gasteiger partial charge on any atom is 0.328 e. The minimum Gasteiger partial charge on any atom is -0.464 e. The normalized spacial score (nSPS) is 34.8. The van der Waals surface area contributed by atoms with Gasteiger partial charge in [-0.1, -0.05) is 32.4 Å². The summed E-state index contributed by atoms with van der Waals surface area (Å²) in [7, 11) is 0. The molecule has 2 fully saturated rings. The van der Waals surface area contributed by atoms with Crippen LogP contribution in [-0.4, -0.2) is 59.7 Å². The molecule has 36 heavy (non-hydrogen) atoms. The Labute approximate surface area is 216 Å². The van der Waals surface area contributed by atoms with Gasteiger partial charge in [-0.05, 0) is 82.5 Å². The summed E-state index contributed by atoms with van der Waals surface area (Å²) in [6.07, 6.45) is 9.32. The highest BCUT2D eigenvalue weighted by atomic mass is 16.5. The number of Topliss-reactive ketones (excluding diaryl/α,β-unsaturated/α-hetero) is 2. The first-order valence-electron chi connectivity index (χ1n) is 14.0. The van der Waals surface area contributed by atoms with E-state index in [0.717, 1.165) is 44.9 Å². The van der Waals surface area contributed by atoms with E-state index in [-0.39, 0.29) is 30.3 Å². The van der Waals surface area contributed by atoms with Gasteiger partial charge in [0.1, 0.15) is 17.9 Å². The van der Waals surface area contributed by atoms with Crippen molar-refractivity contribution in [2.45, 2.75) is 117 Å². The number of ether oxygens (including phenoxy) is 2. The van der Waals surface area contributed by atoms with Gasteiger partial charge in [-0.2, -0.15) is 0 Å². The molecule has 0 aliphatic carbocycles. The Morgan fingerprint density at radius 2 is 1.64 bits per heavy atom. The Morgan fingerprint density at radius 1 is 0.889 bits per heavy atom. The Hall–Kier alpha value is -2.02. The summed E-state index contributed by atoms with van der Waals surface area (Å²) >= 11 is 0. The van der Waals surface area contributed by atoms with Gasteiger partial charge in [0, 0.05) is 19.4 Å². The van der Waals surface area contributed by atoms with Gasteiger partial charge in [0.2, 0.25) is 5.78 Å². The Bertz CT molecular complexity index is 836. The maximum absolute atomic E-state index is 13.3. The molecule has 7 nitrogen and oxygen atoms in total. The summed E-state index contributed by atoms with van der Waals surface area (Å²) in [6, 6.07) is -0.734. The molecule has 3 aliphatic heterocycles. The lowest BCUT2D eigenvalue weighted by molar-refractivity contribution is -0.166. The van der Waals surface area contributed by atoms with Gasteiger partial charge >= 0.3 is 5.97 Å². The Morgan fingerprint density at radius 3 is 2.42 bits per heavy atom. The van der Waals surface area contributed by atoms with Gasteiger partial charge < -0.3 is 14.4 Å². The molecule has 202 valence electrons. The first-order chi connectivity index (χ1) is 17.2. The summed E-state index contributed by atoms with van der Waals surface area (Å²) in [5, 5.41) is 0. The van der Waals surface area contributed by atoms with Crippen LogP contribution in [-0.2, 0) is 28.7 Å². The van der Waals surface area contributed by atoms with Gasteiger partial charge in [-0.25, -0.2) is 4.79 Å². The standard InChI is InChI=1S/C29H45NO6/c1-19-8-12-23(31)13-9-21(3)18-35-29(34)25-7-5-6-16-30(25)28(33)26(32)27-22(4)11-15-24(36-27)14-10-20(2)17-19/h8,20-22,24-25,27H,5-7,9-18H2,1-4H3. The molecule has 0 radical (unpaired) electrons. The number of piperidine rings is 1. The van der Waals surface area contributed by atoms with Crippen LogP contribution in [0.1, 0.15) is 98.3 Å². The number of fused-ring (bicyclic) bond motifs is 3. The third-order valence-corrected chi connectivity index (χ3v) is 8.06. The predicted molar refractivity (Wildman–Crippen MR) is 137 cm³/mol. The van der Waals surface area contributed by atoms with E-state index >= 15 is 0 Å². The lowest BCUT2D eigenvalue weighted by atomic mass is 9.87. The first kappa shape index (κ1) is 28.5. The van der Waals surface area contributed by atoms with E-state index in [9.17, 15) is 19.2 Å². The molecule has 6 unspecified atom stereocenters. The second-order valence-corrected chi connectivity index (χ2v) is 11.6. The van der Waals surface area contributed by atoms with Crippen molar-refractivity contribution in [1.29, 1.82) is 0 Å². The summed E-state index contributed by atoms with van der Waals surface area (Å²) in [5.74, 6) is -0.950. The number of ketones is 2. The van der Waals surface area contributed by atoms with Crippen molar-refractivity contribution in [1.82, 2.24) is 4.90 Å². The van der Waals surface area contributed by atoms with Crippen LogP contribution in [0.25, 0.3) is 0 Å². The summed E-state index contributed by atoms with van der Waals surface area (Å²) in [5.41, 5.74) is 1.22. The van der Waals surface area contributed by atoms with Crippen LogP contribution in [0, 0.1) is 17.8 Å². The minimum absolute atomic E-state index is 0.0320. The summed E-state index contributed by atoms with van der Waals surface area (Å²) in [6.45, 7) is 8.80. The van der Waals surface area contributed by atoms with Crippen LogP contribution in [0.15, 0.2) is 11.6 Å².